The second-order valence-electron chi connectivity index (χ2n) is 8.02. The summed E-state index contributed by atoms with van der Waals surface area (Å²) >= 11 is 0. The monoisotopic (exact) mass is 394 g/mol. The van der Waals surface area contributed by atoms with E-state index in [9.17, 15) is 9.59 Å². The van der Waals surface area contributed by atoms with E-state index in [-0.39, 0.29) is 37.5 Å². The van der Waals surface area contributed by atoms with Gasteiger partial charge in [-0.1, -0.05) is 77.6 Å². The first-order valence-electron chi connectivity index (χ1n) is 11.3. The molecule has 0 spiro atoms. The minimum atomic E-state index is -0.301. The van der Waals surface area contributed by atoms with Gasteiger partial charge in [0.1, 0.15) is 0 Å². The Morgan fingerprint density at radius 3 is 2.04 bits per heavy atom. The van der Waals surface area contributed by atoms with Gasteiger partial charge in [-0.15, -0.1) is 0 Å². The molecule has 0 radical (unpaired) electrons. The minimum Gasteiger partial charge on any atom is -0.463 e. The number of ether oxygens (including phenoxy) is 2. The van der Waals surface area contributed by atoms with Crippen molar-refractivity contribution >= 4 is 11.9 Å². The van der Waals surface area contributed by atoms with Crippen molar-refractivity contribution in [2.45, 2.75) is 117 Å². The first-order valence-corrected chi connectivity index (χ1v) is 11.3. The second-order valence-corrected chi connectivity index (χ2v) is 8.02. The number of hydrogen-bond donors (Lipinski definition) is 0. The predicted molar refractivity (Wildman–Crippen MR) is 115 cm³/mol. The van der Waals surface area contributed by atoms with E-state index < -0.39 is 0 Å². The van der Waals surface area contributed by atoms with Crippen LogP contribution in [0, 0.1) is 17.8 Å². The first-order chi connectivity index (χ1) is 13.5. The molecule has 0 heterocycles. The number of unbranched alkanes of at least 4 members (excludes halogenated alkanes) is 8. The summed E-state index contributed by atoms with van der Waals surface area (Å²) in [5.74, 6) is 5.90. The highest BCUT2D eigenvalue weighted by Gasteiger charge is 2.12. The van der Waals surface area contributed by atoms with Gasteiger partial charge in [-0.25, -0.2) is 0 Å². The summed E-state index contributed by atoms with van der Waals surface area (Å²) in [6, 6.07) is 0. The summed E-state index contributed by atoms with van der Waals surface area (Å²) < 4.78 is 10.4. The van der Waals surface area contributed by atoms with Crippen molar-refractivity contribution in [3.63, 3.8) is 0 Å². The maximum Gasteiger partial charge on any atom is 0.306 e. The van der Waals surface area contributed by atoms with Gasteiger partial charge in [0.05, 0.1) is 6.10 Å². The average Bonchev–Trinajstić information content (AvgIpc) is 2.61. The molecule has 28 heavy (non-hydrogen) atoms. The van der Waals surface area contributed by atoms with Crippen molar-refractivity contribution in [2.75, 3.05) is 6.61 Å². The zero-order valence-corrected chi connectivity index (χ0v) is 18.7. The topological polar surface area (TPSA) is 52.6 Å². The highest BCUT2D eigenvalue weighted by molar-refractivity contribution is 5.72. The van der Waals surface area contributed by atoms with Gasteiger partial charge in [0, 0.05) is 19.3 Å². The molecule has 0 aromatic carbocycles. The van der Waals surface area contributed by atoms with Crippen LogP contribution >= 0.6 is 0 Å². The lowest BCUT2D eigenvalue weighted by Crippen LogP contribution is -2.17. The Hall–Kier alpha value is -1.50. The Kier molecular flexibility index (Phi) is 17.8. The number of carbonyl (C=O) groups is 2. The van der Waals surface area contributed by atoms with E-state index in [4.69, 9.17) is 9.47 Å². The minimum absolute atomic E-state index is 0.0733. The summed E-state index contributed by atoms with van der Waals surface area (Å²) in [5.41, 5.74) is 0. The van der Waals surface area contributed by atoms with Gasteiger partial charge in [0.15, 0.2) is 6.61 Å². The molecular formula is C24H42O4. The number of esters is 2. The normalized spacial score (nSPS) is 11.6. The third kappa shape index (κ3) is 19.3. The van der Waals surface area contributed by atoms with E-state index in [1.807, 2.05) is 6.92 Å². The quantitative estimate of drug-likeness (QED) is 0.177. The van der Waals surface area contributed by atoms with Gasteiger partial charge in [-0.05, 0) is 32.1 Å². The Bertz CT molecular complexity index is 459. The Labute approximate surface area is 173 Å². The first kappa shape index (κ1) is 26.5. The number of rotatable bonds is 16. The Morgan fingerprint density at radius 2 is 1.39 bits per heavy atom. The van der Waals surface area contributed by atoms with E-state index in [0.717, 1.165) is 19.3 Å². The van der Waals surface area contributed by atoms with Crippen LogP contribution in [-0.4, -0.2) is 24.6 Å². The van der Waals surface area contributed by atoms with Crippen LogP contribution in [0.3, 0.4) is 0 Å². The summed E-state index contributed by atoms with van der Waals surface area (Å²) in [7, 11) is 0. The van der Waals surface area contributed by atoms with Crippen LogP contribution in [0.1, 0.15) is 111 Å². The van der Waals surface area contributed by atoms with E-state index in [0.29, 0.717) is 12.3 Å². The van der Waals surface area contributed by atoms with Crippen molar-refractivity contribution in [1.29, 1.82) is 0 Å². The molecule has 0 amide bonds. The largest absolute Gasteiger partial charge is 0.463 e. The standard InChI is InChI=1S/C24H42O4/c1-5-6-7-8-9-10-11-12-13-14-15-19-27-23(25)17-16-18-24(26)28-22(4)20-21(2)3/h21-22H,5-13,16-20H2,1-4H3. The van der Waals surface area contributed by atoms with Crippen LogP contribution in [-0.2, 0) is 19.1 Å². The number of hydrogen-bond acceptors (Lipinski definition) is 4. The molecule has 0 saturated heterocycles. The zero-order valence-electron chi connectivity index (χ0n) is 18.7. The van der Waals surface area contributed by atoms with Crippen LogP contribution < -0.4 is 0 Å². The molecule has 0 aromatic rings. The molecule has 0 N–H and O–H groups in total. The van der Waals surface area contributed by atoms with Gasteiger partial charge < -0.3 is 9.47 Å². The van der Waals surface area contributed by atoms with E-state index in [2.05, 4.69) is 32.6 Å². The van der Waals surface area contributed by atoms with Crippen molar-refractivity contribution in [2.24, 2.45) is 5.92 Å². The van der Waals surface area contributed by atoms with Crippen LogP contribution in [0.4, 0.5) is 0 Å². The number of carbonyl (C=O) groups excluding carboxylic acids is 2. The molecule has 4 heteroatoms. The Balaban J connectivity index is 3.53. The Morgan fingerprint density at radius 1 is 0.786 bits per heavy atom. The SMILES string of the molecule is CCCCCCCCCCC#CCOC(=O)CCCC(=O)OC(C)CC(C)C. The molecule has 0 aliphatic rings. The molecule has 0 rings (SSSR count). The van der Waals surface area contributed by atoms with Crippen molar-refractivity contribution < 1.29 is 19.1 Å². The highest BCUT2D eigenvalue weighted by Crippen LogP contribution is 2.10. The molecule has 0 aliphatic carbocycles. The van der Waals surface area contributed by atoms with E-state index in [1.165, 1.54) is 44.9 Å². The van der Waals surface area contributed by atoms with Crippen molar-refractivity contribution in [3.05, 3.63) is 0 Å². The lowest BCUT2D eigenvalue weighted by atomic mass is 10.1. The fourth-order valence-electron chi connectivity index (χ4n) is 3.05. The summed E-state index contributed by atoms with van der Waals surface area (Å²) in [6.45, 7) is 8.48. The molecular weight excluding hydrogens is 352 g/mol. The molecule has 1 atom stereocenters. The second kappa shape index (κ2) is 18.8. The highest BCUT2D eigenvalue weighted by atomic mass is 16.5. The lowest BCUT2D eigenvalue weighted by molar-refractivity contribution is -0.149. The summed E-state index contributed by atoms with van der Waals surface area (Å²) in [4.78, 5) is 23.3. The molecule has 0 bridgehead atoms. The third-order valence-electron chi connectivity index (χ3n) is 4.48. The van der Waals surface area contributed by atoms with E-state index >= 15 is 0 Å². The fraction of sp³-hybridized carbons (Fsp3) is 0.833. The van der Waals surface area contributed by atoms with Gasteiger partial charge in [-0.3, -0.25) is 9.59 Å². The molecule has 0 aliphatic heterocycles. The van der Waals surface area contributed by atoms with Crippen LogP contribution in [0.25, 0.3) is 0 Å². The van der Waals surface area contributed by atoms with Crippen molar-refractivity contribution in [3.8, 4) is 11.8 Å². The molecule has 162 valence electrons. The lowest BCUT2D eigenvalue weighted by Gasteiger charge is -2.14. The molecule has 4 nitrogen and oxygen atoms in total. The van der Waals surface area contributed by atoms with Gasteiger partial charge in [0.25, 0.3) is 0 Å². The molecule has 0 saturated carbocycles. The van der Waals surface area contributed by atoms with Gasteiger partial charge in [0.2, 0.25) is 0 Å². The fourth-order valence-corrected chi connectivity index (χ4v) is 3.05. The molecule has 0 aromatic heterocycles. The van der Waals surface area contributed by atoms with Gasteiger partial charge >= 0.3 is 11.9 Å². The predicted octanol–water partition coefficient (Wildman–Crippen LogP) is 6.21. The zero-order chi connectivity index (χ0) is 21.0. The average molecular weight is 395 g/mol. The summed E-state index contributed by atoms with van der Waals surface area (Å²) in [5, 5.41) is 0. The van der Waals surface area contributed by atoms with Crippen LogP contribution in [0.5, 0.6) is 0 Å². The van der Waals surface area contributed by atoms with E-state index in [1.54, 1.807) is 0 Å². The van der Waals surface area contributed by atoms with Gasteiger partial charge in [-0.2, -0.15) is 0 Å². The van der Waals surface area contributed by atoms with Crippen LogP contribution in [0.2, 0.25) is 0 Å². The maximum absolute atomic E-state index is 11.7. The maximum atomic E-state index is 11.7. The molecule has 1 unspecified atom stereocenters. The summed E-state index contributed by atoms with van der Waals surface area (Å²) in [6.07, 6.45) is 12.9. The van der Waals surface area contributed by atoms with Crippen LogP contribution in [0.15, 0.2) is 0 Å². The third-order valence-corrected chi connectivity index (χ3v) is 4.48. The smallest absolute Gasteiger partial charge is 0.306 e. The molecule has 0 fully saturated rings. The van der Waals surface area contributed by atoms with Crippen molar-refractivity contribution in [1.82, 2.24) is 0 Å².